The molecule has 0 aromatic heterocycles. The quantitative estimate of drug-likeness (QED) is 0.636. The zero-order valence-corrected chi connectivity index (χ0v) is 17.2. The summed E-state index contributed by atoms with van der Waals surface area (Å²) in [5.41, 5.74) is 1.69. The summed E-state index contributed by atoms with van der Waals surface area (Å²) in [6.07, 6.45) is 2.27. The number of para-hydroxylation sites is 1. The Morgan fingerprint density at radius 3 is 2.48 bits per heavy atom. The van der Waals surface area contributed by atoms with E-state index < -0.39 is 11.7 Å². The van der Waals surface area contributed by atoms with Crippen molar-refractivity contribution in [1.29, 1.82) is 0 Å². The second kappa shape index (κ2) is 10.5. The minimum Gasteiger partial charge on any atom is -0.508 e. The van der Waals surface area contributed by atoms with E-state index in [4.69, 9.17) is 0 Å². The number of carbonyl (C=O) groups excluding carboxylic acids is 1. The maximum Gasteiger partial charge on any atom is 0.386 e. The van der Waals surface area contributed by atoms with E-state index in [-0.39, 0.29) is 16.4 Å². The molecule has 152 valence electrons. The Kier molecular flexibility index (Phi) is 8.03. The summed E-state index contributed by atoms with van der Waals surface area (Å²) in [5, 5.41) is 20.4. The number of rotatable bonds is 4. The van der Waals surface area contributed by atoms with Crippen LogP contribution in [0.25, 0.3) is 6.08 Å². The monoisotopic (exact) mass is 415 g/mol. The van der Waals surface area contributed by atoms with Crippen LogP contribution in [0.4, 0.5) is 10.2 Å². The van der Waals surface area contributed by atoms with Crippen molar-refractivity contribution in [2.75, 3.05) is 0 Å². The smallest absolute Gasteiger partial charge is 0.386 e. The van der Waals surface area contributed by atoms with Gasteiger partial charge in [0, 0.05) is 4.53 Å². The number of phenols is 1. The zero-order chi connectivity index (χ0) is 21.4. The Labute approximate surface area is 173 Å². The number of aliphatic imine (C=N–C) groups is 1. The first kappa shape index (κ1) is 22.2. The summed E-state index contributed by atoms with van der Waals surface area (Å²) < 4.78 is 12.5. The van der Waals surface area contributed by atoms with Gasteiger partial charge in [-0.1, -0.05) is 56.8 Å². The number of aryl methyl sites for hydroxylation is 1. The third-order valence-corrected chi connectivity index (χ3v) is 4.95. The summed E-state index contributed by atoms with van der Waals surface area (Å²) in [4.78, 5) is 19.8. The Morgan fingerprint density at radius 1 is 1.17 bits per heavy atom. The largest absolute Gasteiger partial charge is 0.508 e. The molecule has 1 heterocycles. The Hall–Kier alpha value is -3.06. The van der Waals surface area contributed by atoms with Gasteiger partial charge in [0.25, 0.3) is 0 Å². The van der Waals surface area contributed by atoms with Gasteiger partial charge >= 0.3 is 5.97 Å². The van der Waals surface area contributed by atoms with Crippen LogP contribution >= 0.6 is 11.8 Å². The molecule has 2 N–H and O–H groups in total. The van der Waals surface area contributed by atoms with Crippen molar-refractivity contribution in [1.82, 2.24) is 0 Å². The molecule has 0 saturated heterocycles. The average molecular weight is 415 g/mol. The van der Waals surface area contributed by atoms with E-state index in [1.54, 1.807) is 48.5 Å². The van der Waals surface area contributed by atoms with Gasteiger partial charge in [-0.15, -0.1) is 0 Å². The maximum absolute atomic E-state index is 12.5. The van der Waals surface area contributed by atoms with Crippen molar-refractivity contribution in [2.24, 2.45) is 4.99 Å². The fraction of sp³-hybridized carbons (Fsp3) is 0.182. The highest BCUT2D eigenvalue weighted by molar-refractivity contribution is 8.18. The van der Waals surface area contributed by atoms with E-state index in [0.29, 0.717) is 22.6 Å². The third-order valence-electron chi connectivity index (χ3n) is 3.93. The third kappa shape index (κ3) is 5.26. The molecule has 7 heteroatoms. The molecule has 0 spiro atoms. The molecule has 0 radical (unpaired) electrons. The molecule has 0 bridgehead atoms. The molecule has 1 aliphatic rings. The molecule has 2 aromatic carbocycles. The van der Waals surface area contributed by atoms with Gasteiger partial charge in [-0.3, -0.25) is 0 Å². The van der Waals surface area contributed by atoms with Crippen molar-refractivity contribution >= 4 is 34.5 Å². The second-order valence-corrected chi connectivity index (χ2v) is 6.72. The van der Waals surface area contributed by atoms with Crippen molar-refractivity contribution in [3.63, 3.8) is 0 Å². The van der Waals surface area contributed by atoms with Gasteiger partial charge in [0.1, 0.15) is 22.1 Å². The van der Waals surface area contributed by atoms with Gasteiger partial charge in [0.2, 0.25) is 0 Å². The van der Waals surface area contributed by atoms with Crippen LogP contribution in [-0.4, -0.2) is 21.2 Å². The van der Waals surface area contributed by atoms with E-state index >= 15 is 0 Å². The number of hydrogen-bond acceptors (Lipinski definition) is 6. The first-order valence-electron chi connectivity index (χ1n) is 9.15. The predicted molar refractivity (Wildman–Crippen MR) is 115 cm³/mol. The maximum atomic E-state index is 12.5. The molecular weight excluding hydrogens is 393 g/mol. The molecule has 0 aliphatic carbocycles. The molecule has 5 nitrogen and oxygen atoms in total. The SMILES string of the molecule is CC.CCc1cc(/C=C2\SC(=Nc3ccccc3)C(C(=O)OF)=C2O)ccc1O. The number of aromatic hydroxyl groups is 1. The number of benzene rings is 2. The molecule has 0 amide bonds. The first-order chi connectivity index (χ1) is 14.0. The lowest BCUT2D eigenvalue weighted by atomic mass is 10.1. The van der Waals surface area contributed by atoms with E-state index in [1.807, 2.05) is 26.8 Å². The summed E-state index contributed by atoms with van der Waals surface area (Å²) in [5.74, 6) is -1.52. The number of nitrogens with zero attached hydrogens (tertiary/aromatic N) is 1. The molecule has 0 unspecified atom stereocenters. The lowest BCUT2D eigenvalue weighted by molar-refractivity contribution is -0.177. The minimum atomic E-state index is -1.31. The van der Waals surface area contributed by atoms with Crippen LogP contribution in [-0.2, 0) is 16.2 Å². The molecule has 2 aromatic rings. The van der Waals surface area contributed by atoms with Gasteiger partial charge in [0.15, 0.2) is 0 Å². The summed E-state index contributed by atoms with van der Waals surface area (Å²) in [6, 6.07) is 13.8. The normalized spacial score (nSPS) is 16.0. The summed E-state index contributed by atoms with van der Waals surface area (Å²) >= 11 is 1.03. The number of aliphatic hydroxyl groups excluding tert-OH is 1. The molecule has 0 atom stereocenters. The van der Waals surface area contributed by atoms with Crippen LogP contribution in [0.15, 0.2) is 69.8 Å². The van der Waals surface area contributed by atoms with Crippen LogP contribution < -0.4 is 0 Å². The number of phenolic OH excluding ortho intramolecular Hbond substituents is 1. The Balaban J connectivity index is 0.00000145. The lowest BCUT2D eigenvalue weighted by Gasteiger charge is -2.04. The van der Waals surface area contributed by atoms with E-state index in [0.717, 1.165) is 17.3 Å². The van der Waals surface area contributed by atoms with Crippen LogP contribution in [0.5, 0.6) is 5.75 Å². The zero-order valence-electron chi connectivity index (χ0n) is 16.3. The van der Waals surface area contributed by atoms with E-state index in [1.165, 1.54) is 0 Å². The average Bonchev–Trinajstić information content (AvgIpc) is 3.05. The number of carbonyl (C=O) groups is 1. The van der Waals surface area contributed by atoms with Crippen molar-refractivity contribution in [3.8, 4) is 5.75 Å². The molecular formula is C22H22FNO4S. The van der Waals surface area contributed by atoms with Gasteiger partial charge in [-0.25, -0.2) is 14.7 Å². The molecule has 0 saturated carbocycles. The molecule has 1 aliphatic heterocycles. The summed E-state index contributed by atoms with van der Waals surface area (Å²) in [6.45, 7) is 5.91. The van der Waals surface area contributed by atoms with Crippen molar-refractivity contribution < 1.29 is 24.5 Å². The molecule has 0 fully saturated rings. The standard InChI is InChI=1S/C20H16FNO4S.C2H6/c1-2-13-10-12(8-9-15(13)23)11-16-18(24)17(20(25)26-21)19(27-16)22-14-6-4-3-5-7-14;1-2/h3-11,23-24H,2H2,1H3;1-2H3/b16-11-,22-19?;. The first-order valence-corrected chi connectivity index (χ1v) is 9.97. The van der Waals surface area contributed by atoms with E-state index in [9.17, 15) is 19.5 Å². The Morgan fingerprint density at radius 2 is 1.86 bits per heavy atom. The van der Waals surface area contributed by atoms with Crippen molar-refractivity contribution in [2.45, 2.75) is 27.2 Å². The van der Waals surface area contributed by atoms with Gasteiger partial charge < -0.3 is 10.2 Å². The molecule has 29 heavy (non-hydrogen) atoms. The number of aliphatic hydroxyl groups is 1. The van der Waals surface area contributed by atoms with Crippen LogP contribution in [0.2, 0.25) is 0 Å². The topological polar surface area (TPSA) is 79.1 Å². The number of thioether (sulfide) groups is 1. The molecule has 3 rings (SSSR count). The van der Waals surface area contributed by atoms with Gasteiger partial charge in [-0.2, -0.15) is 0 Å². The van der Waals surface area contributed by atoms with Crippen LogP contribution in [0, 0.1) is 0 Å². The second-order valence-electron chi connectivity index (χ2n) is 5.69. The fourth-order valence-electron chi connectivity index (χ4n) is 2.58. The van der Waals surface area contributed by atoms with Gasteiger partial charge in [-0.05, 0) is 47.9 Å². The van der Waals surface area contributed by atoms with Crippen LogP contribution in [0.3, 0.4) is 0 Å². The number of halogens is 1. The number of hydrogen-bond donors (Lipinski definition) is 2. The summed E-state index contributed by atoms with van der Waals surface area (Å²) in [7, 11) is 0. The lowest BCUT2D eigenvalue weighted by Crippen LogP contribution is -2.09. The van der Waals surface area contributed by atoms with Crippen molar-refractivity contribution in [3.05, 3.63) is 75.9 Å². The van der Waals surface area contributed by atoms with Gasteiger partial charge in [0.05, 0.1) is 10.6 Å². The van der Waals surface area contributed by atoms with E-state index in [2.05, 4.69) is 9.93 Å². The highest BCUT2D eigenvalue weighted by Gasteiger charge is 2.34. The minimum absolute atomic E-state index is 0.141. The highest BCUT2D eigenvalue weighted by atomic mass is 32.2. The Bertz CT molecular complexity index is 968. The van der Waals surface area contributed by atoms with Crippen LogP contribution in [0.1, 0.15) is 31.9 Å². The fourth-order valence-corrected chi connectivity index (χ4v) is 3.61. The highest BCUT2D eigenvalue weighted by Crippen LogP contribution is 2.40. The predicted octanol–water partition coefficient (Wildman–Crippen LogP) is 6.04.